The van der Waals surface area contributed by atoms with E-state index in [1.54, 1.807) is 30.5 Å². The van der Waals surface area contributed by atoms with Gasteiger partial charge in [-0.1, -0.05) is 0 Å². The lowest BCUT2D eigenvalue weighted by atomic mass is 10.1. The number of amides is 1. The van der Waals surface area contributed by atoms with Crippen molar-refractivity contribution in [3.8, 4) is 5.75 Å². The van der Waals surface area contributed by atoms with Gasteiger partial charge in [-0.2, -0.15) is 0 Å². The maximum absolute atomic E-state index is 13.1. The topological polar surface area (TPSA) is 77.2 Å². The molecule has 1 aromatic heterocycles. The summed E-state index contributed by atoms with van der Waals surface area (Å²) in [4.78, 5) is 14.4. The van der Waals surface area contributed by atoms with Gasteiger partial charge in [-0.15, -0.1) is 0 Å². The van der Waals surface area contributed by atoms with E-state index in [0.717, 1.165) is 11.3 Å². The third-order valence-corrected chi connectivity index (χ3v) is 2.84. The number of benzene rings is 1. The predicted molar refractivity (Wildman–Crippen MR) is 77.4 cm³/mol. The summed E-state index contributed by atoms with van der Waals surface area (Å²) in [5.41, 5.74) is 6.60. The fraction of sp³-hybridized carbons (Fsp3) is 0.200. The number of aromatic nitrogens is 1. The zero-order valence-corrected chi connectivity index (χ0v) is 11.5. The smallest absolute Gasteiger partial charge is 0.255 e. The second-order valence-electron chi connectivity index (χ2n) is 4.58. The molecule has 2 aromatic rings. The van der Waals surface area contributed by atoms with Gasteiger partial charge in [0, 0.05) is 11.9 Å². The van der Waals surface area contributed by atoms with E-state index in [-0.39, 0.29) is 18.5 Å². The van der Waals surface area contributed by atoms with Crippen LogP contribution in [0.5, 0.6) is 5.75 Å². The molecule has 0 radical (unpaired) electrons. The van der Waals surface area contributed by atoms with Crippen LogP contribution in [0.25, 0.3) is 0 Å². The van der Waals surface area contributed by atoms with E-state index in [0.29, 0.717) is 5.75 Å². The van der Waals surface area contributed by atoms with Crippen LogP contribution in [-0.4, -0.2) is 17.5 Å². The second kappa shape index (κ2) is 6.69. The van der Waals surface area contributed by atoms with Crippen molar-refractivity contribution in [2.75, 3.05) is 11.9 Å². The number of carbonyl (C=O) groups excluding carboxylic acids is 1. The molecule has 0 saturated heterocycles. The maximum atomic E-state index is 13.1. The zero-order chi connectivity index (χ0) is 15.2. The monoisotopic (exact) mass is 289 g/mol. The van der Waals surface area contributed by atoms with Crippen LogP contribution >= 0.6 is 0 Å². The quantitative estimate of drug-likeness (QED) is 0.855. The zero-order valence-electron chi connectivity index (χ0n) is 11.5. The third kappa shape index (κ3) is 4.45. The molecule has 1 amide bonds. The Balaban J connectivity index is 1.98. The molecule has 1 heterocycles. The first-order chi connectivity index (χ1) is 10.0. The van der Waals surface area contributed by atoms with Crippen molar-refractivity contribution >= 4 is 11.6 Å². The van der Waals surface area contributed by atoms with Gasteiger partial charge in [0.1, 0.15) is 11.6 Å². The first-order valence-electron chi connectivity index (χ1n) is 6.43. The molecule has 2 rings (SSSR count). The molecule has 6 heteroatoms. The molecule has 0 bridgehead atoms. The van der Waals surface area contributed by atoms with Crippen LogP contribution in [0.2, 0.25) is 0 Å². The summed E-state index contributed by atoms with van der Waals surface area (Å²) < 4.78 is 18.3. The van der Waals surface area contributed by atoms with Gasteiger partial charge in [0.2, 0.25) is 0 Å². The highest BCUT2D eigenvalue weighted by Gasteiger charge is 2.07. The average molecular weight is 289 g/mol. The van der Waals surface area contributed by atoms with Gasteiger partial charge in [-0.05, 0) is 42.8 Å². The molecule has 1 aromatic carbocycles. The van der Waals surface area contributed by atoms with Crippen molar-refractivity contribution in [2.45, 2.75) is 13.0 Å². The summed E-state index contributed by atoms with van der Waals surface area (Å²) in [6.07, 6.45) is 2.78. The lowest BCUT2D eigenvalue weighted by Crippen LogP contribution is -2.19. The molecule has 1 unspecified atom stereocenters. The number of hydrogen-bond acceptors (Lipinski definition) is 4. The van der Waals surface area contributed by atoms with E-state index in [2.05, 4.69) is 10.3 Å². The van der Waals surface area contributed by atoms with E-state index < -0.39 is 5.91 Å². The minimum Gasteiger partial charge on any atom is -0.484 e. The van der Waals surface area contributed by atoms with Gasteiger partial charge in [0.05, 0.1) is 12.2 Å². The van der Waals surface area contributed by atoms with E-state index in [1.165, 1.54) is 12.3 Å². The molecule has 0 fully saturated rings. The highest BCUT2D eigenvalue weighted by Crippen LogP contribution is 2.21. The number of nitrogens with two attached hydrogens (primary N) is 1. The Labute approximate surface area is 121 Å². The lowest BCUT2D eigenvalue weighted by Gasteiger charge is -2.15. The Bertz CT molecular complexity index is 617. The lowest BCUT2D eigenvalue weighted by molar-refractivity contribution is -0.119. The second-order valence-corrected chi connectivity index (χ2v) is 4.58. The summed E-state index contributed by atoms with van der Waals surface area (Å²) in [6.45, 7) is 1.76. The van der Waals surface area contributed by atoms with Crippen molar-refractivity contribution in [3.63, 3.8) is 0 Å². The van der Waals surface area contributed by atoms with Crippen molar-refractivity contribution in [2.24, 2.45) is 5.73 Å². The summed E-state index contributed by atoms with van der Waals surface area (Å²) in [5.74, 6) is -0.333. The first kappa shape index (κ1) is 14.8. The van der Waals surface area contributed by atoms with Crippen LogP contribution in [0.15, 0.2) is 42.7 Å². The van der Waals surface area contributed by atoms with Crippen LogP contribution in [0, 0.1) is 5.82 Å². The maximum Gasteiger partial charge on any atom is 0.255 e. The molecule has 0 aliphatic rings. The van der Waals surface area contributed by atoms with Crippen molar-refractivity contribution in [1.82, 2.24) is 4.98 Å². The number of pyridine rings is 1. The molecule has 0 spiro atoms. The van der Waals surface area contributed by atoms with E-state index in [1.807, 2.05) is 6.92 Å². The number of ether oxygens (including phenoxy) is 1. The summed E-state index contributed by atoms with van der Waals surface area (Å²) in [5, 5.41) is 3.22. The summed E-state index contributed by atoms with van der Waals surface area (Å²) >= 11 is 0. The van der Waals surface area contributed by atoms with Gasteiger partial charge in [-0.3, -0.25) is 9.78 Å². The molecule has 5 nitrogen and oxygen atoms in total. The summed E-state index contributed by atoms with van der Waals surface area (Å²) in [6, 6.07) is 8.41. The minimum absolute atomic E-state index is 0.0920. The highest BCUT2D eigenvalue weighted by atomic mass is 19.1. The number of primary amides is 1. The number of hydrogen-bond donors (Lipinski definition) is 2. The number of halogens is 1. The van der Waals surface area contributed by atoms with Crippen molar-refractivity contribution in [1.29, 1.82) is 0 Å². The SMILES string of the molecule is CC(Nc1ccc(OCC(N)=O)cc1)c1cncc(F)c1. The number of carbonyl (C=O) groups is 1. The Kier molecular flexibility index (Phi) is 4.71. The van der Waals surface area contributed by atoms with Gasteiger partial charge >= 0.3 is 0 Å². The van der Waals surface area contributed by atoms with Crippen LogP contribution in [0.4, 0.5) is 10.1 Å². The fourth-order valence-electron chi connectivity index (χ4n) is 1.80. The van der Waals surface area contributed by atoms with E-state index in [4.69, 9.17) is 10.5 Å². The molecule has 110 valence electrons. The Hall–Kier alpha value is -2.63. The van der Waals surface area contributed by atoms with E-state index in [9.17, 15) is 9.18 Å². The molecule has 0 aliphatic carbocycles. The first-order valence-corrected chi connectivity index (χ1v) is 6.43. The molecule has 3 N–H and O–H groups in total. The van der Waals surface area contributed by atoms with Crippen molar-refractivity contribution in [3.05, 3.63) is 54.1 Å². The molecular formula is C15H16FN3O2. The van der Waals surface area contributed by atoms with Crippen LogP contribution in [0.3, 0.4) is 0 Å². The number of rotatable bonds is 6. The highest BCUT2D eigenvalue weighted by molar-refractivity contribution is 5.75. The Morgan fingerprint density at radius 2 is 2.10 bits per heavy atom. The molecular weight excluding hydrogens is 273 g/mol. The molecule has 0 aliphatic heterocycles. The fourth-order valence-corrected chi connectivity index (χ4v) is 1.80. The van der Waals surface area contributed by atoms with Crippen LogP contribution < -0.4 is 15.8 Å². The number of anilines is 1. The number of nitrogens with one attached hydrogen (secondary N) is 1. The van der Waals surface area contributed by atoms with Gasteiger partial charge < -0.3 is 15.8 Å². The standard InChI is InChI=1S/C15H16FN3O2/c1-10(11-6-12(16)8-18-7-11)19-13-2-4-14(5-3-13)21-9-15(17)20/h2-8,10,19H,9H2,1H3,(H2,17,20). The molecule has 0 saturated carbocycles. The van der Waals surface area contributed by atoms with Gasteiger partial charge in [0.25, 0.3) is 5.91 Å². The molecule has 1 atom stereocenters. The molecule has 21 heavy (non-hydrogen) atoms. The normalized spacial score (nSPS) is 11.7. The Morgan fingerprint density at radius 3 is 2.71 bits per heavy atom. The van der Waals surface area contributed by atoms with Crippen LogP contribution in [0.1, 0.15) is 18.5 Å². The van der Waals surface area contributed by atoms with Gasteiger partial charge in [-0.25, -0.2) is 4.39 Å². The largest absolute Gasteiger partial charge is 0.484 e. The minimum atomic E-state index is -0.524. The number of nitrogens with zero attached hydrogens (tertiary/aromatic N) is 1. The van der Waals surface area contributed by atoms with Crippen molar-refractivity contribution < 1.29 is 13.9 Å². The van der Waals surface area contributed by atoms with Crippen LogP contribution in [-0.2, 0) is 4.79 Å². The van der Waals surface area contributed by atoms with E-state index >= 15 is 0 Å². The Morgan fingerprint density at radius 1 is 1.38 bits per heavy atom. The average Bonchev–Trinajstić information content (AvgIpc) is 2.46. The predicted octanol–water partition coefficient (Wildman–Crippen LogP) is 2.26. The third-order valence-electron chi connectivity index (χ3n) is 2.84. The summed E-state index contributed by atoms with van der Waals surface area (Å²) in [7, 11) is 0. The van der Waals surface area contributed by atoms with Gasteiger partial charge in [0.15, 0.2) is 6.61 Å².